The second-order valence-corrected chi connectivity index (χ2v) is 7.54. The van der Waals surface area contributed by atoms with Gasteiger partial charge >= 0.3 is 0 Å². The largest absolute Gasteiger partial charge is 0.495 e. The van der Waals surface area contributed by atoms with E-state index in [1.807, 2.05) is 18.2 Å². The first-order chi connectivity index (χ1) is 13.7. The Morgan fingerprint density at radius 1 is 1.17 bits per heavy atom. The van der Waals surface area contributed by atoms with E-state index in [2.05, 4.69) is 31.2 Å². The molecule has 0 aliphatic rings. The van der Waals surface area contributed by atoms with Crippen molar-refractivity contribution in [2.45, 2.75) is 26.2 Å². The van der Waals surface area contributed by atoms with Crippen molar-refractivity contribution in [1.29, 1.82) is 0 Å². The summed E-state index contributed by atoms with van der Waals surface area (Å²) in [5.41, 5.74) is 2.14. The summed E-state index contributed by atoms with van der Waals surface area (Å²) in [7, 11) is 1.54. The van der Waals surface area contributed by atoms with Crippen molar-refractivity contribution in [3.63, 3.8) is 0 Å². The molecule has 29 heavy (non-hydrogen) atoms. The number of anilines is 1. The minimum absolute atomic E-state index is 0.0484. The van der Waals surface area contributed by atoms with Crippen molar-refractivity contribution < 1.29 is 14.5 Å². The quantitative estimate of drug-likeness (QED) is 0.513. The molecule has 150 valence electrons. The summed E-state index contributed by atoms with van der Waals surface area (Å²) in [5.74, 6) is 0.142. The lowest BCUT2D eigenvalue weighted by Gasteiger charge is -2.21. The maximum atomic E-state index is 12.7. The molecule has 2 aromatic carbocycles. The zero-order valence-electron chi connectivity index (χ0n) is 16.7. The number of nitro groups is 1. The highest BCUT2D eigenvalue weighted by Crippen LogP contribution is 2.31. The molecule has 3 rings (SSSR count). The summed E-state index contributed by atoms with van der Waals surface area (Å²) < 4.78 is 6.78. The van der Waals surface area contributed by atoms with Gasteiger partial charge in [0.15, 0.2) is 5.69 Å². The number of hydrogen-bond donors (Lipinski definition) is 1. The third-order valence-corrected chi connectivity index (χ3v) is 4.44. The number of nitro benzene ring substituents is 1. The van der Waals surface area contributed by atoms with Gasteiger partial charge in [-0.05, 0) is 35.2 Å². The van der Waals surface area contributed by atoms with Crippen molar-refractivity contribution in [1.82, 2.24) is 9.78 Å². The fraction of sp³-hybridized carbons (Fsp3) is 0.238. The average molecular weight is 394 g/mol. The number of carbonyl (C=O) groups is 1. The first-order valence-electron chi connectivity index (χ1n) is 8.99. The first kappa shape index (κ1) is 20.1. The molecule has 8 heteroatoms. The van der Waals surface area contributed by atoms with Crippen LogP contribution in [-0.4, -0.2) is 27.7 Å². The van der Waals surface area contributed by atoms with Crippen molar-refractivity contribution in [3.8, 4) is 11.4 Å². The smallest absolute Gasteiger partial charge is 0.276 e. The van der Waals surface area contributed by atoms with Crippen molar-refractivity contribution in [3.05, 3.63) is 76.1 Å². The minimum atomic E-state index is -0.477. The Bertz CT molecular complexity index is 1070. The monoisotopic (exact) mass is 394 g/mol. The zero-order chi connectivity index (χ0) is 21.2. The molecule has 1 aromatic heterocycles. The Labute approximate surface area is 168 Å². The van der Waals surface area contributed by atoms with Gasteiger partial charge in [0.2, 0.25) is 0 Å². The summed E-state index contributed by atoms with van der Waals surface area (Å²) in [6.45, 7) is 6.25. The van der Waals surface area contributed by atoms with Crippen LogP contribution in [0.25, 0.3) is 5.69 Å². The normalized spacial score (nSPS) is 11.2. The predicted octanol–water partition coefficient (Wildman–Crippen LogP) is 4.34. The number of aromatic nitrogens is 2. The molecule has 1 amide bonds. The molecule has 3 aromatic rings. The molecule has 0 radical (unpaired) electrons. The van der Waals surface area contributed by atoms with Gasteiger partial charge in [-0.2, -0.15) is 5.10 Å². The van der Waals surface area contributed by atoms with Gasteiger partial charge in [0.1, 0.15) is 5.75 Å². The van der Waals surface area contributed by atoms with Crippen molar-refractivity contribution in [2.75, 3.05) is 12.4 Å². The van der Waals surface area contributed by atoms with Crippen molar-refractivity contribution in [2.24, 2.45) is 0 Å². The van der Waals surface area contributed by atoms with Gasteiger partial charge in [-0.25, -0.2) is 4.68 Å². The van der Waals surface area contributed by atoms with E-state index in [-0.39, 0.29) is 16.8 Å². The van der Waals surface area contributed by atoms with Gasteiger partial charge in [0.05, 0.1) is 23.4 Å². The van der Waals surface area contributed by atoms with E-state index in [4.69, 9.17) is 4.74 Å². The van der Waals surface area contributed by atoms with Crippen LogP contribution in [-0.2, 0) is 5.41 Å². The summed E-state index contributed by atoms with van der Waals surface area (Å²) in [6, 6.07) is 13.3. The summed E-state index contributed by atoms with van der Waals surface area (Å²) in [5, 5.41) is 18.0. The average Bonchev–Trinajstić information content (AvgIpc) is 3.17. The van der Waals surface area contributed by atoms with E-state index < -0.39 is 10.8 Å². The van der Waals surface area contributed by atoms with Gasteiger partial charge in [-0.15, -0.1) is 0 Å². The third-order valence-electron chi connectivity index (χ3n) is 4.44. The SMILES string of the molecule is COc1ccc(C(C)(C)C)cc1NC(=O)c1ccn(-c2cccc([N+](=O)[O-])c2)n1. The van der Waals surface area contributed by atoms with Crippen LogP contribution in [0.4, 0.5) is 11.4 Å². The Kier molecular flexibility index (Phi) is 5.36. The number of carbonyl (C=O) groups excluding carboxylic acids is 1. The van der Waals surface area contributed by atoms with Gasteiger partial charge in [0.25, 0.3) is 11.6 Å². The molecule has 0 aliphatic carbocycles. The van der Waals surface area contributed by atoms with Crippen LogP contribution in [0.15, 0.2) is 54.7 Å². The number of hydrogen-bond acceptors (Lipinski definition) is 5. The van der Waals surface area contributed by atoms with E-state index in [0.717, 1.165) is 5.56 Å². The van der Waals surface area contributed by atoms with E-state index in [1.54, 1.807) is 31.5 Å². The van der Waals surface area contributed by atoms with Crippen LogP contribution in [0.5, 0.6) is 5.75 Å². The fourth-order valence-electron chi connectivity index (χ4n) is 2.80. The lowest BCUT2D eigenvalue weighted by Crippen LogP contribution is -2.16. The predicted molar refractivity (Wildman–Crippen MR) is 110 cm³/mol. The van der Waals surface area contributed by atoms with E-state index >= 15 is 0 Å². The fourth-order valence-corrected chi connectivity index (χ4v) is 2.80. The Morgan fingerprint density at radius 2 is 1.93 bits per heavy atom. The lowest BCUT2D eigenvalue weighted by molar-refractivity contribution is -0.384. The number of amides is 1. The van der Waals surface area contributed by atoms with Crippen LogP contribution >= 0.6 is 0 Å². The number of ether oxygens (including phenoxy) is 1. The number of rotatable bonds is 5. The number of nitrogens with zero attached hydrogens (tertiary/aromatic N) is 3. The number of non-ortho nitro benzene ring substituents is 1. The topological polar surface area (TPSA) is 99.3 Å². The molecule has 0 aliphatic heterocycles. The standard InChI is InChI=1S/C21H22N4O4/c1-21(2,3)14-8-9-19(29-4)18(12-14)22-20(26)17-10-11-24(23-17)15-6-5-7-16(13-15)25(27)28/h5-13H,1-4H3,(H,22,26). The van der Waals surface area contributed by atoms with E-state index in [0.29, 0.717) is 17.1 Å². The van der Waals surface area contributed by atoms with Gasteiger partial charge in [0, 0.05) is 18.3 Å². The van der Waals surface area contributed by atoms with Crippen LogP contribution in [0.1, 0.15) is 36.8 Å². The van der Waals surface area contributed by atoms with Crippen LogP contribution in [0.2, 0.25) is 0 Å². The summed E-state index contributed by atoms with van der Waals surface area (Å²) >= 11 is 0. The van der Waals surface area contributed by atoms with E-state index in [9.17, 15) is 14.9 Å². The molecule has 0 spiro atoms. The van der Waals surface area contributed by atoms with Gasteiger partial charge in [-0.3, -0.25) is 14.9 Å². The first-order valence-corrected chi connectivity index (χ1v) is 8.99. The highest BCUT2D eigenvalue weighted by molar-refractivity contribution is 6.03. The Morgan fingerprint density at radius 3 is 2.59 bits per heavy atom. The molecule has 0 saturated heterocycles. The second kappa shape index (κ2) is 7.75. The molecular formula is C21H22N4O4. The molecule has 0 atom stereocenters. The van der Waals surface area contributed by atoms with Crippen molar-refractivity contribution >= 4 is 17.3 Å². The summed E-state index contributed by atoms with van der Waals surface area (Å²) in [4.78, 5) is 23.2. The number of benzene rings is 2. The number of methoxy groups -OCH3 is 1. The number of nitrogens with one attached hydrogen (secondary N) is 1. The third kappa shape index (κ3) is 4.43. The summed E-state index contributed by atoms with van der Waals surface area (Å²) in [6.07, 6.45) is 1.58. The van der Waals surface area contributed by atoms with Gasteiger partial charge in [-0.1, -0.05) is 32.9 Å². The molecular weight excluding hydrogens is 372 g/mol. The second-order valence-electron chi connectivity index (χ2n) is 7.54. The molecule has 0 saturated carbocycles. The molecule has 1 N–H and O–H groups in total. The Hall–Kier alpha value is -3.68. The minimum Gasteiger partial charge on any atom is -0.495 e. The highest BCUT2D eigenvalue weighted by atomic mass is 16.6. The molecule has 8 nitrogen and oxygen atoms in total. The van der Waals surface area contributed by atoms with Crippen LogP contribution in [0, 0.1) is 10.1 Å². The zero-order valence-corrected chi connectivity index (χ0v) is 16.7. The van der Waals surface area contributed by atoms with Crippen LogP contribution in [0.3, 0.4) is 0 Å². The lowest BCUT2D eigenvalue weighted by atomic mass is 9.87. The maximum absolute atomic E-state index is 12.7. The Balaban J connectivity index is 1.86. The maximum Gasteiger partial charge on any atom is 0.276 e. The van der Waals surface area contributed by atoms with Crippen LogP contribution < -0.4 is 10.1 Å². The molecule has 0 unspecified atom stereocenters. The van der Waals surface area contributed by atoms with E-state index in [1.165, 1.54) is 16.8 Å². The highest BCUT2D eigenvalue weighted by Gasteiger charge is 2.18. The molecule has 1 heterocycles. The molecule has 0 bridgehead atoms. The van der Waals surface area contributed by atoms with Gasteiger partial charge < -0.3 is 10.1 Å². The molecule has 0 fully saturated rings.